The van der Waals surface area contributed by atoms with Crippen LogP contribution in [0.25, 0.3) is 0 Å². The van der Waals surface area contributed by atoms with Crippen LogP contribution in [0.5, 0.6) is 0 Å². The first-order valence-corrected chi connectivity index (χ1v) is 7.85. The Morgan fingerprint density at radius 2 is 1.37 bits per heavy atom. The number of piperidine rings is 1. The van der Waals surface area contributed by atoms with Gasteiger partial charge in [0.05, 0.1) is 5.41 Å². The zero-order valence-corrected chi connectivity index (χ0v) is 11.7. The van der Waals surface area contributed by atoms with Crippen molar-refractivity contribution in [3.8, 4) is 0 Å². The van der Waals surface area contributed by atoms with Crippen molar-refractivity contribution in [2.75, 3.05) is 13.1 Å². The van der Waals surface area contributed by atoms with Gasteiger partial charge in [-0.1, -0.05) is 32.1 Å². The zero-order valence-electron chi connectivity index (χ0n) is 11.7. The molecule has 4 heteroatoms. The first kappa shape index (κ1) is 13.1. The molecule has 3 aliphatic rings. The summed E-state index contributed by atoms with van der Waals surface area (Å²) in [5.41, 5.74) is -0.342. The number of hydrogen-bond acceptors (Lipinski definition) is 3. The van der Waals surface area contributed by atoms with Crippen molar-refractivity contribution in [1.82, 2.24) is 10.0 Å². The molecule has 0 bridgehead atoms. The summed E-state index contributed by atoms with van der Waals surface area (Å²) in [5, 5.41) is 3.53. The van der Waals surface area contributed by atoms with Crippen molar-refractivity contribution in [3.63, 3.8) is 0 Å². The maximum Gasteiger partial charge on any atom is 0.250 e. The van der Waals surface area contributed by atoms with Gasteiger partial charge in [0.15, 0.2) is 0 Å². The van der Waals surface area contributed by atoms with Gasteiger partial charge in [-0.15, -0.1) is 0 Å². The van der Waals surface area contributed by atoms with E-state index in [1.165, 1.54) is 24.3 Å². The first-order chi connectivity index (χ1) is 9.23. The molecule has 0 radical (unpaired) electrons. The van der Waals surface area contributed by atoms with Crippen molar-refractivity contribution in [2.24, 2.45) is 5.41 Å². The summed E-state index contributed by atoms with van der Waals surface area (Å²) in [6.07, 6.45) is 10.4. The molecule has 1 spiro atoms. The third kappa shape index (κ3) is 2.31. The lowest BCUT2D eigenvalue weighted by Gasteiger charge is -2.34. The fraction of sp³-hybridized carbons (Fsp3) is 0.867. The van der Waals surface area contributed by atoms with Crippen LogP contribution >= 0.6 is 0 Å². The summed E-state index contributed by atoms with van der Waals surface area (Å²) in [6.45, 7) is 1.74. The lowest BCUT2D eigenvalue weighted by Crippen LogP contribution is -2.50. The molecule has 0 N–H and O–H groups in total. The summed E-state index contributed by atoms with van der Waals surface area (Å²) in [5.74, 6) is 0.162. The van der Waals surface area contributed by atoms with Gasteiger partial charge in [0.25, 0.3) is 5.91 Å². The Morgan fingerprint density at radius 3 is 2.00 bits per heavy atom. The summed E-state index contributed by atoms with van der Waals surface area (Å²) in [4.78, 5) is 25.1. The van der Waals surface area contributed by atoms with E-state index < -0.39 is 0 Å². The maximum absolute atomic E-state index is 12.8. The highest BCUT2D eigenvalue weighted by atomic mass is 16.2. The van der Waals surface area contributed by atoms with Crippen LogP contribution in [0.1, 0.15) is 64.2 Å². The van der Waals surface area contributed by atoms with Gasteiger partial charge >= 0.3 is 0 Å². The molecule has 19 heavy (non-hydrogen) atoms. The number of amides is 2. The van der Waals surface area contributed by atoms with E-state index >= 15 is 0 Å². The van der Waals surface area contributed by atoms with Gasteiger partial charge in [-0.25, -0.2) is 10.0 Å². The first-order valence-electron chi connectivity index (χ1n) is 7.85. The van der Waals surface area contributed by atoms with Crippen LogP contribution in [0.15, 0.2) is 0 Å². The van der Waals surface area contributed by atoms with Crippen molar-refractivity contribution in [2.45, 2.75) is 64.2 Å². The van der Waals surface area contributed by atoms with Gasteiger partial charge in [0, 0.05) is 19.5 Å². The van der Waals surface area contributed by atoms with Gasteiger partial charge in [-0.05, 0) is 25.7 Å². The largest absolute Gasteiger partial charge is 0.273 e. The molecule has 2 heterocycles. The maximum atomic E-state index is 12.8. The molecule has 0 aromatic heterocycles. The van der Waals surface area contributed by atoms with Crippen LogP contribution < -0.4 is 0 Å². The molecule has 2 aliphatic heterocycles. The number of carbonyl (C=O) groups excluding carboxylic acids is 2. The second-order valence-electron chi connectivity index (χ2n) is 6.40. The lowest BCUT2D eigenvalue weighted by atomic mass is 9.79. The van der Waals surface area contributed by atoms with Gasteiger partial charge in [0.2, 0.25) is 5.91 Å². The second-order valence-corrected chi connectivity index (χ2v) is 6.40. The zero-order chi connectivity index (χ0) is 13.3. The molecule has 106 valence electrons. The van der Waals surface area contributed by atoms with Crippen LogP contribution in [0.2, 0.25) is 0 Å². The number of hydrogen-bond donors (Lipinski definition) is 0. The molecule has 0 aromatic carbocycles. The summed E-state index contributed by atoms with van der Waals surface area (Å²) in [7, 11) is 0. The highest BCUT2D eigenvalue weighted by molar-refractivity contribution is 6.05. The van der Waals surface area contributed by atoms with Crippen LogP contribution in [-0.4, -0.2) is 34.9 Å². The molecule has 4 nitrogen and oxygen atoms in total. The predicted molar refractivity (Wildman–Crippen MR) is 72.0 cm³/mol. The summed E-state index contributed by atoms with van der Waals surface area (Å²) < 4.78 is 0. The number of carbonyl (C=O) groups is 2. The molecule has 2 amide bonds. The Hall–Kier alpha value is -0.900. The Bertz CT molecular complexity index is 366. The monoisotopic (exact) mass is 264 g/mol. The molecule has 1 aliphatic carbocycles. The Morgan fingerprint density at radius 1 is 0.789 bits per heavy atom. The van der Waals surface area contributed by atoms with Crippen LogP contribution in [-0.2, 0) is 9.59 Å². The molecule has 0 unspecified atom stereocenters. The van der Waals surface area contributed by atoms with Crippen molar-refractivity contribution in [1.29, 1.82) is 0 Å². The van der Waals surface area contributed by atoms with E-state index in [0.29, 0.717) is 6.42 Å². The van der Waals surface area contributed by atoms with Crippen molar-refractivity contribution >= 4 is 11.8 Å². The van der Waals surface area contributed by atoms with Crippen LogP contribution in [0, 0.1) is 5.41 Å². The normalized spacial score (nSPS) is 28.9. The molecule has 3 rings (SSSR count). The highest BCUT2D eigenvalue weighted by Gasteiger charge is 2.52. The molecule has 1 saturated carbocycles. The third-order valence-corrected chi connectivity index (χ3v) is 5.05. The van der Waals surface area contributed by atoms with E-state index in [1.807, 2.05) is 5.01 Å². The van der Waals surface area contributed by atoms with Crippen molar-refractivity contribution in [3.05, 3.63) is 0 Å². The molecule has 0 atom stereocenters. The topological polar surface area (TPSA) is 40.6 Å². The van der Waals surface area contributed by atoms with E-state index in [0.717, 1.165) is 51.6 Å². The number of hydrazine groups is 1. The molecule has 0 aromatic rings. The number of nitrogens with zero attached hydrogens (tertiary/aromatic N) is 2. The van der Waals surface area contributed by atoms with E-state index in [-0.39, 0.29) is 17.2 Å². The summed E-state index contributed by atoms with van der Waals surface area (Å²) in [6, 6.07) is 0. The Kier molecular flexibility index (Phi) is 3.61. The number of imide groups is 1. The van der Waals surface area contributed by atoms with E-state index in [4.69, 9.17) is 0 Å². The third-order valence-electron chi connectivity index (χ3n) is 5.05. The average Bonchev–Trinajstić information content (AvgIpc) is 2.60. The smallest absolute Gasteiger partial charge is 0.250 e. The molecule has 3 fully saturated rings. The van der Waals surface area contributed by atoms with Gasteiger partial charge < -0.3 is 0 Å². The van der Waals surface area contributed by atoms with Crippen molar-refractivity contribution < 1.29 is 9.59 Å². The highest BCUT2D eigenvalue weighted by Crippen LogP contribution is 2.44. The minimum absolute atomic E-state index is 0.0498. The second kappa shape index (κ2) is 5.23. The van der Waals surface area contributed by atoms with E-state index in [1.54, 1.807) is 0 Å². The Balaban J connectivity index is 1.79. The Labute approximate surface area is 115 Å². The minimum Gasteiger partial charge on any atom is -0.273 e. The molecule has 2 saturated heterocycles. The molecular formula is C15H24N2O2. The SMILES string of the molecule is O=C1CC2(CCCCCC2)C(=O)N1N1CCCCC1. The fourth-order valence-electron chi connectivity index (χ4n) is 3.94. The standard InChI is InChI=1S/C15H24N2O2/c18-13-12-15(8-4-1-2-5-9-15)14(19)17(13)16-10-6-3-7-11-16/h1-12H2. The fourth-order valence-corrected chi connectivity index (χ4v) is 3.94. The van der Waals surface area contributed by atoms with Crippen LogP contribution in [0.3, 0.4) is 0 Å². The quantitative estimate of drug-likeness (QED) is 0.683. The molecular weight excluding hydrogens is 240 g/mol. The van der Waals surface area contributed by atoms with Gasteiger partial charge in [-0.3, -0.25) is 9.59 Å². The summed E-state index contributed by atoms with van der Waals surface area (Å²) >= 11 is 0. The lowest BCUT2D eigenvalue weighted by molar-refractivity contribution is -0.162. The van der Waals surface area contributed by atoms with Gasteiger partial charge in [0.1, 0.15) is 0 Å². The van der Waals surface area contributed by atoms with Crippen LogP contribution in [0.4, 0.5) is 0 Å². The van der Waals surface area contributed by atoms with E-state index in [2.05, 4.69) is 0 Å². The van der Waals surface area contributed by atoms with Gasteiger partial charge in [-0.2, -0.15) is 0 Å². The predicted octanol–water partition coefficient (Wildman–Crippen LogP) is 2.49. The van der Waals surface area contributed by atoms with E-state index in [9.17, 15) is 9.59 Å². The minimum atomic E-state index is -0.342. The average molecular weight is 264 g/mol. The number of rotatable bonds is 1.